The van der Waals surface area contributed by atoms with Crippen molar-refractivity contribution in [2.45, 2.75) is 103 Å². The molecule has 1 aliphatic carbocycles. The van der Waals surface area contributed by atoms with E-state index in [9.17, 15) is 8.78 Å². The Morgan fingerprint density at radius 3 is 2.16 bits per heavy atom. The number of halogens is 2. The van der Waals surface area contributed by atoms with Crippen LogP contribution in [0.3, 0.4) is 0 Å². The quantitative estimate of drug-likeness (QED) is 0.356. The summed E-state index contributed by atoms with van der Waals surface area (Å²) < 4.78 is 24.6. The summed E-state index contributed by atoms with van der Waals surface area (Å²) in [5.74, 6) is 1.62. The lowest BCUT2D eigenvalue weighted by molar-refractivity contribution is 0.138. The van der Waals surface area contributed by atoms with Gasteiger partial charge < -0.3 is 0 Å². The lowest BCUT2D eigenvalue weighted by atomic mass is 9.77. The summed E-state index contributed by atoms with van der Waals surface area (Å²) in [6, 6.07) is 8.47. The zero-order valence-electron chi connectivity index (χ0n) is 16.0. The first-order valence-electron chi connectivity index (χ1n) is 10.6. The zero-order valence-corrected chi connectivity index (χ0v) is 16.0. The molecule has 142 valence electrons. The van der Waals surface area contributed by atoms with Gasteiger partial charge in [0.1, 0.15) is 0 Å². The fourth-order valence-electron chi connectivity index (χ4n) is 4.23. The van der Waals surface area contributed by atoms with E-state index in [1.165, 1.54) is 76.2 Å². The maximum absolute atomic E-state index is 12.3. The zero-order chi connectivity index (χ0) is 17.9. The molecule has 1 aromatic rings. The maximum atomic E-state index is 12.3. The molecule has 0 radical (unpaired) electrons. The predicted octanol–water partition coefficient (Wildman–Crippen LogP) is 7.91. The van der Waals surface area contributed by atoms with E-state index in [2.05, 4.69) is 31.2 Å². The highest BCUT2D eigenvalue weighted by molar-refractivity contribution is 5.26. The summed E-state index contributed by atoms with van der Waals surface area (Å²) in [6.45, 7) is 2.27. The van der Waals surface area contributed by atoms with Crippen LogP contribution in [0.15, 0.2) is 24.3 Å². The Morgan fingerprint density at radius 2 is 1.52 bits per heavy atom. The molecule has 0 spiro atoms. The Labute approximate surface area is 153 Å². The molecule has 1 aliphatic rings. The number of rotatable bonds is 11. The molecule has 0 saturated heterocycles. The molecule has 0 heterocycles. The van der Waals surface area contributed by atoms with Crippen LogP contribution >= 0.6 is 0 Å². The molecule has 2 heteroatoms. The first-order chi connectivity index (χ1) is 12.2. The van der Waals surface area contributed by atoms with Crippen LogP contribution in [0, 0.1) is 5.92 Å². The van der Waals surface area contributed by atoms with Gasteiger partial charge in [0, 0.05) is 6.42 Å². The van der Waals surface area contributed by atoms with E-state index >= 15 is 0 Å². The smallest absolute Gasteiger partial charge is 0.211 e. The highest BCUT2D eigenvalue weighted by Crippen LogP contribution is 2.37. The van der Waals surface area contributed by atoms with Gasteiger partial charge in [0.05, 0.1) is 0 Å². The van der Waals surface area contributed by atoms with E-state index in [1.54, 1.807) is 0 Å². The van der Waals surface area contributed by atoms with Crippen LogP contribution in [0.5, 0.6) is 0 Å². The molecular formula is C23H36F2. The van der Waals surface area contributed by atoms with Gasteiger partial charge in [-0.15, -0.1) is 0 Å². The molecule has 0 N–H and O–H groups in total. The second-order valence-corrected chi connectivity index (χ2v) is 7.95. The Balaban J connectivity index is 1.64. The molecule has 0 atom stereocenters. The van der Waals surface area contributed by atoms with Crippen molar-refractivity contribution in [3.05, 3.63) is 35.4 Å². The van der Waals surface area contributed by atoms with Crippen LogP contribution in [0.2, 0.25) is 0 Å². The van der Waals surface area contributed by atoms with Crippen molar-refractivity contribution >= 4 is 0 Å². The van der Waals surface area contributed by atoms with Crippen LogP contribution in [-0.4, -0.2) is 6.43 Å². The molecule has 0 bridgehead atoms. The van der Waals surface area contributed by atoms with Crippen molar-refractivity contribution in [2.24, 2.45) is 5.92 Å². The minimum atomic E-state index is -2.19. The maximum Gasteiger partial charge on any atom is 0.239 e. The summed E-state index contributed by atoms with van der Waals surface area (Å²) in [4.78, 5) is 0. The number of hydrogen-bond donors (Lipinski definition) is 0. The fourth-order valence-corrected chi connectivity index (χ4v) is 4.23. The lowest BCUT2D eigenvalue weighted by Crippen LogP contribution is -2.13. The predicted molar refractivity (Wildman–Crippen MR) is 103 cm³/mol. The van der Waals surface area contributed by atoms with Gasteiger partial charge in [0.25, 0.3) is 0 Å². The van der Waals surface area contributed by atoms with Gasteiger partial charge in [-0.1, -0.05) is 76.1 Å². The standard InChI is InChI=1S/C23H36F2/c1-2-3-4-5-6-7-8-19-9-14-21(15-10-19)22-16-11-20(12-17-22)13-18-23(24)25/h11-12,16-17,19,21,23H,2-10,13-15,18H2,1H3. The van der Waals surface area contributed by atoms with Crippen LogP contribution in [-0.2, 0) is 6.42 Å². The average molecular weight is 351 g/mol. The summed E-state index contributed by atoms with van der Waals surface area (Å²) in [5, 5.41) is 0. The second kappa shape index (κ2) is 11.6. The normalized spacial score (nSPS) is 21.0. The van der Waals surface area contributed by atoms with Crippen molar-refractivity contribution in [3.63, 3.8) is 0 Å². The van der Waals surface area contributed by atoms with Gasteiger partial charge in [-0.25, -0.2) is 8.78 Å². The van der Waals surface area contributed by atoms with Crippen LogP contribution in [0.25, 0.3) is 0 Å². The summed E-state index contributed by atoms with van der Waals surface area (Å²) >= 11 is 0. The van der Waals surface area contributed by atoms with E-state index in [0.717, 1.165) is 11.5 Å². The Morgan fingerprint density at radius 1 is 0.880 bits per heavy atom. The third kappa shape index (κ3) is 7.88. The Hall–Kier alpha value is -0.920. The third-order valence-corrected chi connectivity index (χ3v) is 5.92. The first-order valence-corrected chi connectivity index (χ1v) is 10.6. The molecule has 0 amide bonds. The number of unbranched alkanes of at least 4 members (excludes halogenated alkanes) is 5. The van der Waals surface area contributed by atoms with E-state index in [0.29, 0.717) is 12.3 Å². The summed E-state index contributed by atoms with van der Waals surface area (Å²) in [6.07, 6.45) is 13.4. The van der Waals surface area contributed by atoms with Crippen molar-refractivity contribution in [1.29, 1.82) is 0 Å². The van der Waals surface area contributed by atoms with Gasteiger partial charge in [-0.05, 0) is 55.1 Å². The molecule has 1 saturated carbocycles. The Kier molecular flexibility index (Phi) is 9.50. The third-order valence-electron chi connectivity index (χ3n) is 5.92. The van der Waals surface area contributed by atoms with Crippen LogP contribution < -0.4 is 0 Å². The topological polar surface area (TPSA) is 0 Å². The fraction of sp³-hybridized carbons (Fsp3) is 0.739. The van der Waals surface area contributed by atoms with Gasteiger partial charge in [-0.2, -0.15) is 0 Å². The lowest BCUT2D eigenvalue weighted by Gasteiger charge is -2.29. The highest BCUT2D eigenvalue weighted by atomic mass is 19.3. The molecule has 0 aliphatic heterocycles. The molecule has 1 fully saturated rings. The highest BCUT2D eigenvalue weighted by Gasteiger charge is 2.22. The monoisotopic (exact) mass is 350 g/mol. The molecule has 0 unspecified atom stereocenters. The van der Waals surface area contributed by atoms with Gasteiger partial charge in [0.15, 0.2) is 0 Å². The molecule has 0 nitrogen and oxygen atoms in total. The molecular weight excluding hydrogens is 314 g/mol. The van der Waals surface area contributed by atoms with Crippen molar-refractivity contribution in [2.75, 3.05) is 0 Å². The van der Waals surface area contributed by atoms with E-state index in [1.807, 2.05) is 0 Å². The van der Waals surface area contributed by atoms with Gasteiger partial charge >= 0.3 is 0 Å². The minimum Gasteiger partial charge on any atom is -0.211 e. The van der Waals surface area contributed by atoms with E-state index in [-0.39, 0.29) is 6.42 Å². The van der Waals surface area contributed by atoms with Gasteiger partial charge in [0.2, 0.25) is 6.43 Å². The number of aryl methyl sites for hydroxylation is 1. The van der Waals surface area contributed by atoms with Crippen molar-refractivity contribution < 1.29 is 8.78 Å². The number of benzene rings is 1. The largest absolute Gasteiger partial charge is 0.239 e. The number of alkyl halides is 2. The molecule has 2 rings (SSSR count). The molecule has 25 heavy (non-hydrogen) atoms. The SMILES string of the molecule is CCCCCCCCC1CCC(c2ccc(CCC(F)F)cc2)CC1. The molecule has 0 aromatic heterocycles. The Bertz CT molecular complexity index is 444. The first kappa shape index (κ1) is 20.4. The van der Waals surface area contributed by atoms with E-state index < -0.39 is 6.43 Å². The number of hydrogen-bond acceptors (Lipinski definition) is 0. The minimum absolute atomic E-state index is 0.0249. The van der Waals surface area contributed by atoms with Crippen LogP contribution in [0.4, 0.5) is 8.78 Å². The van der Waals surface area contributed by atoms with Gasteiger partial charge in [-0.3, -0.25) is 0 Å². The average Bonchev–Trinajstić information content (AvgIpc) is 2.64. The summed E-state index contributed by atoms with van der Waals surface area (Å²) in [5.41, 5.74) is 2.46. The van der Waals surface area contributed by atoms with Crippen molar-refractivity contribution in [1.82, 2.24) is 0 Å². The summed E-state index contributed by atoms with van der Waals surface area (Å²) in [7, 11) is 0. The van der Waals surface area contributed by atoms with Crippen molar-refractivity contribution in [3.8, 4) is 0 Å². The van der Waals surface area contributed by atoms with E-state index in [4.69, 9.17) is 0 Å². The second-order valence-electron chi connectivity index (χ2n) is 7.95. The van der Waals surface area contributed by atoms with Crippen LogP contribution in [0.1, 0.15) is 101 Å². The molecule has 1 aromatic carbocycles.